The predicted octanol–water partition coefficient (Wildman–Crippen LogP) is 3.98. The Morgan fingerprint density at radius 1 is 1.07 bits per heavy atom. The molecular formula is C19H16BrF2N3O4S. The number of hydrogen-bond donors (Lipinski definition) is 2. The molecule has 0 aliphatic carbocycles. The van der Waals surface area contributed by atoms with E-state index in [9.17, 15) is 22.0 Å². The Labute approximate surface area is 179 Å². The van der Waals surface area contributed by atoms with Crippen molar-refractivity contribution in [1.82, 2.24) is 4.57 Å². The number of hydrogen-bond acceptors (Lipinski definition) is 5. The molecule has 0 atom stereocenters. The molecule has 7 nitrogen and oxygen atoms in total. The lowest BCUT2D eigenvalue weighted by Crippen LogP contribution is -2.23. The molecule has 3 rings (SSSR count). The Kier molecular flexibility index (Phi) is 6.13. The Hall–Kier alpha value is -2.92. The number of sulfonamides is 1. The summed E-state index contributed by atoms with van der Waals surface area (Å²) in [5.74, 6) is -1.36. The minimum absolute atomic E-state index is 0.00341. The summed E-state index contributed by atoms with van der Waals surface area (Å²) < 4.78 is 62.2. The number of aromatic nitrogens is 1. The van der Waals surface area contributed by atoms with Gasteiger partial charge in [-0.05, 0) is 42.5 Å². The van der Waals surface area contributed by atoms with Crippen molar-refractivity contribution in [3.63, 3.8) is 0 Å². The molecule has 0 radical (unpaired) electrons. The Morgan fingerprint density at radius 3 is 2.33 bits per heavy atom. The zero-order valence-corrected chi connectivity index (χ0v) is 18.1. The van der Waals surface area contributed by atoms with Gasteiger partial charge in [0.15, 0.2) is 5.75 Å². The van der Waals surface area contributed by atoms with E-state index < -0.39 is 27.2 Å². The molecule has 0 aliphatic rings. The van der Waals surface area contributed by atoms with Gasteiger partial charge in [0.05, 0.1) is 17.7 Å². The highest BCUT2D eigenvalue weighted by atomic mass is 79.9. The molecule has 0 spiro atoms. The first-order valence-corrected chi connectivity index (χ1v) is 10.7. The topological polar surface area (TPSA) is 89.4 Å². The van der Waals surface area contributed by atoms with E-state index in [4.69, 9.17) is 4.74 Å². The van der Waals surface area contributed by atoms with Crippen molar-refractivity contribution < 1.29 is 21.9 Å². The molecule has 2 aromatic carbocycles. The van der Waals surface area contributed by atoms with Gasteiger partial charge in [0, 0.05) is 17.6 Å². The summed E-state index contributed by atoms with van der Waals surface area (Å²) in [6, 6.07) is 9.48. The van der Waals surface area contributed by atoms with E-state index in [0.717, 1.165) is 34.9 Å². The highest BCUT2D eigenvalue weighted by Crippen LogP contribution is 2.35. The Bertz CT molecular complexity index is 1260. The third kappa shape index (κ3) is 4.46. The van der Waals surface area contributed by atoms with Crippen LogP contribution in [-0.2, 0) is 17.1 Å². The number of nitrogens with zero attached hydrogens (tertiary/aromatic N) is 1. The lowest BCUT2D eigenvalue weighted by atomic mass is 10.3. The van der Waals surface area contributed by atoms with Crippen LogP contribution < -0.4 is 20.3 Å². The van der Waals surface area contributed by atoms with Gasteiger partial charge in [0.2, 0.25) is 0 Å². The van der Waals surface area contributed by atoms with E-state index in [2.05, 4.69) is 26.0 Å². The summed E-state index contributed by atoms with van der Waals surface area (Å²) >= 11 is 3.15. The molecule has 30 heavy (non-hydrogen) atoms. The predicted molar refractivity (Wildman–Crippen MR) is 113 cm³/mol. The smallest absolute Gasteiger partial charge is 0.262 e. The van der Waals surface area contributed by atoms with Crippen LogP contribution in [0.15, 0.2) is 62.7 Å². The van der Waals surface area contributed by atoms with Gasteiger partial charge < -0.3 is 10.1 Å². The zero-order valence-electron chi connectivity index (χ0n) is 15.7. The summed E-state index contributed by atoms with van der Waals surface area (Å²) in [6.07, 6.45) is 0. The number of anilines is 3. The summed E-state index contributed by atoms with van der Waals surface area (Å²) in [5.41, 5.74) is -0.633. The summed E-state index contributed by atoms with van der Waals surface area (Å²) in [4.78, 5) is 12.1. The van der Waals surface area contributed by atoms with Crippen molar-refractivity contribution in [2.45, 2.75) is 4.90 Å². The van der Waals surface area contributed by atoms with Crippen LogP contribution >= 0.6 is 15.9 Å². The number of halogens is 3. The average molecular weight is 500 g/mol. The maximum Gasteiger partial charge on any atom is 0.262 e. The molecule has 0 saturated heterocycles. The van der Waals surface area contributed by atoms with Crippen molar-refractivity contribution in [3.8, 4) is 5.75 Å². The Balaban J connectivity index is 2.14. The molecule has 3 aromatic rings. The third-order valence-electron chi connectivity index (χ3n) is 4.17. The van der Waals surface area contributed by atoms with Gasteiger partial charge in [-0.15, -0.1) is 0 Å². The second-order valence-electron chi connectivity index (χ2n) is 6.14. The van der Waals surface area contributed by atoms with Crippen molar-refractivity contribution in [3.05, 3.63) is 75.0 Å². The van der Waals surface area contributed by atoms with E-state index in [1.807, 2.05) is 0 Å². The van der Waals surface area contributed by atoms with Gasteiger partial charge in [-0.3, -0.25) is 14.1 Å². The fraction of sp³-hybridized carbons (Fsp3) is 0.105. The van der Waals surface area contributed by atoms with Gasteiger partial charge in [-0.1, -0.05) is 15.9 Å². The lowest BCUT2D eigenvalue weighted by molar-refractivity contribution is 0.415. The van der Waals surface area contributed by atoms with Crippen LogP contribution in [0.5, 0.6) is 5.75 Å². The van der Waals surface area contributed by atoms with Crippen LogP contribution in [0, 0.1) is 11.6 Å². The standard InChI is InChI=1S/C19H16BrF2N3O4S/c1-25-17(26)10-16(29-2)18(19(25)23-15-8-3-11(20)9-14(15)22)24-30(27,28)13-6-4-12(21)5-7-13/h3-10,23-24H,1-2H3. The Morgan fingerprint density at radius 2 is 1.73 bits per heavy atom. The minimum atomic E-state index is -4.18. The van der Waals surface area contributed by atoms with E-state index >= 15 is 0 Å². The second-order valence-corrected chi connectivity index (χ2v) is 8.74. The van der Waals surface area contributed by atoms with E-state index in [1.54, 1.807) is 6.07 Å². The largest absolute Gasteiger partial charge is 0.494 e. The molecule has 0 saturated carbocycles. The summed E-state index contributed by atoms with van der Waals surface area (Å²) in [7, 11) is -1.53. The average Bonchev–Trinajstić information content (AvgIpc) is 2.69. The van der Waals surface area contributed by atoms with E-state index in [-0.39, 0.29) is 27.8 Å². The quantitative estimate of drug-likeness (QED) is 0.535. The highest BCUT2D eigenvalue weighted by molar-refractivity contribution is 9.10. The summed E-state index contributed by atoms with van der Waals surface area (Å²) in [6.45, 7) is 0. The van der Waals surface area contributed by atoms with Gasteiger partial charge in [-0.2, -0.15) is 0 Å². The fourth-order valence-corrected chi connectivity index (χ4v) is 4.02. The number of benzene rings is 2. The van der Waals surface area contributed by atoms with Gasteiger partial charge in [0.25, 0.3) is 15.6 Å². The maximum atomic E-state index is 14.3. The zero-order chi connectivity index (χ0) is 22.1. The molecule has 0 aliphatic heterocycles. The number of rotatable bonds is 6. The molecular weight excluding hydrogens is 484 g/mol. The number of methoxy groups -OCH3 is 1. The van der Waals surface area contributed by atoms with Crippen LogP contribution in [0.4, 0.5) is 26.0 Å². The monoisotopic (exact) mass is 499 g/mol. The van der Waals surface area contributed by atoms with Gasteiger partial charge in [-0.25, -0.2) is 17.2 Å². The van der Waals surface area contributed by atoms with Crippen LogP contribution in [0.2, 0.25) is 0 Å². The normalized spacial score (nSPS) is 11.2. The first kappa shape index (κ1) is 21.8. The first-order chi connectivity index (χ1) is 14.1. The molecule has 0 unspecified atom stereocenters. The number of nitrogens with one attached hydrogen (secondary N) is 2. The molecule has 1 heterocycles. The highest BCUT2D eigenvalue weighted by Gasteiger charge is 2.23. The van der Waals surface area contributed by atoms with Crippen molar-refractivity contribution in [1.29, 1.82) is 0 Å². The van der Waals surface area contributed by atoms with Crippen LogP contribution in [-0.4, -0.2) is 20.1 Å². The molecule has 0 fully saturated rings. The molecule has 0 amide bonds. The van der Waals surface area contributed by atoms with Crippen molar-refractivity contribution in [2.75, 3.05) is 17.1 Å². The SMILES string of the molecule is COc1cc(=O)n(C)c(Nc2ccc(Br)cc2F)c1NS(=O)(=O)c1ccc(F)cc1. The van der Waals surface area contributed by atoms with Crippen LogP contribution in [0.25, 0.3) is 0 Å². The van der Waals surface area contributed by atoms with Crippen LogP contribution in [0.1, 0.15) is 0 Å². The minimum Gasteiger partial charge on any atom is -0.494 e. The molecule has 158 valence electrons. The molecule has 0 bridgehead atoms. The van der Waals surface area contributed by atoms with Gasteiger partial charge >= 0.3 is 0 Å². The second kappa shape index (κ2) is 8.44. The van der Waals surface area contributed by atoms with E-state index in [1.165, 1.54) is 26.3 Å². The maximum absolute atomic E-state index is 14.3. The molecule has 11 heteroatoms. The summed E-state index contributed by atoms with van der Waals surface area (Å²) in [5, 5.41) is 2.74. The first-order valence-electron chi connectivity index (χ1n) is 8.41. The van der Waals surface area contributed by atoms with Crippen LogP contribution in [0.3, 0.4) is 0 Å². The fourth-order valence-electron chi connectivity index (χ4n) is 2.61. The van der Waals surface area contributed by atoms with Gasteiger partial charge in [0.1, 0.15) is 23.1 Å². The lowest BCUT2D eigenvalue weighted by Gasteiger charge is -2.20. The molecule has 1 aromatic heterocycles. The van der Waals surface area contributed by atoms with Crippen molar-refractivity contribution >= 4 is 43.1 Å². The third-order valence-corrected chi connectivity index (χ3v) is 6.03. The van der Waals surface area contributed by atoms with Crippen molar-refractivity contribution in [2.24, 2.45) is 7.05 Å². The number of ether oxygens (including phenoxy) is 1. The molecule has 2 N–H and O–H groups in total. The number of pyridine rings is 1. The van der Waals surface area contributed by atoms with E-state index in [0.29, 0.717) is 4.47 Å².